The lowest BCUT2D eigenvalue weighted by Gasteiger charge is -2.14. The van der Waals surface area contributed by atoms with E-state index < -0.39 is 0 Å². The molecular weight excluding hydrogens is 345 g/mol. The van der Waals surface area contributed by atoms with Gasteiger partial charge in [-0.25, -0.2) is 4.39 Å². The van der Waals surface area contributed by atoms with E-state index in [-0.39, 0.29) is 5.82 Å². The van der Waals surface area contributed by atoms with Crippen molar-refractivity contribution >= 4 is 11.6 Å². The Hall–Kier alpha value is -2.44. The lowest BCUT2D eigenvalue weighted by molar-refractivity contribution is 0.212. The van der Waals surface area contributed by atoms with Crippen LogP contribution in [0.15, 0.2) is 53.1 Å². The van der Waals surface area contributed by atoms with Crippen LogP contribution in [-0.2, 0) is 6.54 Å². The number of benzene rings is 2. The van der Waals surface area contributed by atoms with Gasteiger partial charge in [-0.15, -0.1) is 0 Å². The lowest BCUT2D eigenvalue weighted by atomic mass is 10.2. The Labute approximate surface area is 150 Å². The molecule has 0 radical (unpaired) electrons. The summed E-state index contributed by atoms with van der Waals surface area (Å²) in [6.07, 6.45) is 0. The van der Waals surface area contributed by atoms with Crippen molar-refractivity contribution in [3.8, 4) is 17.1 Å². The summed E-state index contributed by atoms with van der Waals surface area (Å²) >= 11 is 5.87. The first-order chi connectivity index (χ1) is 12.1. The molecule has 0 aliphatic carbocycles. The van der Waals surface area contributed by atoms with E-state index in [4.69, 9.17) is 20.9 Å². The Morgan fingerprint density at radius 2 is 1.84 bits per heavy atom. The molecule has 0 amide bonds. The van der Waals surface area contributed by atoms with Gasteiger partial charge in [-0.3, -0.25) is 4.90 Å². The number of likely N-dealkylation sites (N-methyl/N-ethyl adjacent to an activating group) is 1. The average Bonchev–Trinajstić information content (AvgIpc) is 3.06. The summed E-state index contributed by atoms with van der Waals surface area (Å²) in [5.41, 5.74) is 0.849. The minimum atomic E-state index is -0.280. The van der Waals surface area contributed by atoms with E-state index in [1.807, 2.05) is 24.1 Å². The van der Waals surface area contributed by atoms with Crippen LogP contribution in [-0.4, -0.2) is 35.2 Å². The van der Waals surface area contributed by atoms with Gasteiger partial charge in [0.25, 0.3) is 0 Å². The molecule has 2 aromatic carbocycles. The molecular formula is C18H17ClFN3O2. The van der Waals surface area contributed by atoms with E-state index in [0.29, 0.717) is 42.2 Å². The van der Waals surface area contributed by atoms with Crippen molar-refractivity contribution in [3.63, 3.8) is 0 Å². The molecule has 0 aliphatic heterocycles. The maximum atomic E-state index is 12.8. The Bertz CT molecular complexity index is 806. The summed E-state index contributed by atoms with van der Waals surface area (Å²) < 4.78 is 23.7. The maximum absolute atomic E-state index is 12.8. The van der Waals surface area contributed by atoms with E-state index in [1.54, 1.807) is 24.3 Å². The molecule has 7 heteroatoms. The van der Waals surface area contributed by atoms with Crippen LogP contribution in [0.3, 0.4) is 0 Å². The minimum absolute atomic E-state index is 0.280. The smallest absolute Gasteiger partial charge is 0.241 e. The van der Waals surface area contributed by atoms with Crippen molar-refractivity contribution in [2.75, 3.05) is 20.2 Å². The van der Waals surface area contributed by atoms with Gasteiger partial charge in [0.15, 0.2) is 0 Å². The molecule has 0 unspecified atom stereocenters. The number of hydrogen-bond acceptors (Lipinski definition) is 5. The van der Waals surface area contributed by atoms with E-state index >= 15 is 0 Å². The van der Waals surface area contributed by atoms with Gasteiger partial charge in [-0.05, 0) is 55.6 Å². The van der Waals surface area contributed by atoms with E-state index in [1.165, 1.54) is 12.1 Å². The van der Waals surface area contributed by atoms with Crippen LogP contribution in [0.2, 0.25) is 5.02 Å². The molecule has 3 rings (SSSR count). The third-order valence-corrected chi connectivity index (χ3v) is 3.78. The lowest BCUT2D eigenvalue weighted by Crippen LogP contribution is -2.24. The molecule has 1 aromatic heterocycles. The van der Waals surface area contributed by atoms with Crippen molar-refractivity contribution in [3.05, 3.63) is 65.3 Å². The van der Waals surface area contributed by atoms with Gasteiger partial charge in [0, 0.05) is 17.1 Å². The Morgan fingerprint density at radius 1 is 1.12 bits per heavy atom. The van der Waals surface area contributed by atoms with Crippen molar-refractivity contribution in [1.29, 1.82) is 0 Å². The first-order valence-corrected chi connectivity index (χ1v) is 8.13. The van der Waals surface area contributed by atoms with Gasteiger partial charge >= 0.3 is 0 Å². The molecule has 0 saturated heterocycles. The van der Waals surface area contributed by atoms with Crippen LogP contribution in [0.5, 0.6) is 5.75 Å². The molecule has 0 saturated carbocycles. The predicted molar refractivity (Wildman–Crippen MR) is 93.0 cm³/mol. The topological polar surface area (TPSA) is 51.4 Å². The van der Waals surface area contributed by atoms with Crippen LogP contribution in [0.4, 0.5) is 4.39 Å². The SMILES string of the molecule is CN(CCOc1ccc(F)cc1)Cc1nc(-c2ccc(Cl)cc2)no1. The fourth-order valence-electron chi connectivity index (χ4n) is 2.20. The number of hydrogen-bond donors (Lipinski definition) is 0. The quantitative estimate of drug-likeness (QED) is 0.635. The van der Waals surface area contributed by atoms with Crippen LogP contribution in [0.1, 0.15) is 5.89 Å². The van der Waals surface area contributed by atoms with Crippen molar-refractivity contribution in [2.45, 2.75) is 6.54 Å². The monoisotopic (exact) mass is 361 g/mol. The van der Waals surface area contributed by atoms with Gasteiger partial charge < -0.3 is 9.26 Å². The van der Waals surface area contributed by atoms with Crippen molar-refractivity contribution < 1.29 is 13.7 Å². The van der Waals surface area contributed by atoms with E-state index in [9.17, 15) is 4.39 Å². The highest BCUT2D eigenvalue weighted by molar-refractivity contribution is 6.30. The summed E-state index contributed by atoms with van der Waals surface area (Å²) in [4.78, 5) is 6.38. The maximum Gasteiger partial charge on any atom is 0.241 e. The van der Waals surface area contributed by atoms with Gasteiger partial charge in [0.2, 0.25) is 11.7 Å². The second-order valence-electron chi connectivity index (χ2n) is 5.56. The summed E-state index contributed by atoms with van der Waals surface area (Å²) in [5, 5.41) is 4.64. The fraction of sp³-hybridized carbons (Fsp3) is 0.222. The summed E-state index contributed by atoms with van der Waals surface area (Å²) in [6.45, 7) is 1.64. The fourth-order valence-corrected chi connectivity index (χ4v) is 2.32. The standard InChI is InChI=1S/C18H17ClFN3O2/c1-23(10-11-24-16-8-6-15(20)7-9-16)12-17-21-18(22-25-17)13-2-4-14(19)5-3-13/h2-9H,10-12H2,1H3. The van der Waals surface area contributed by atoms with Crippen molar-refractivity contribution in [1.82, 2.24) is 15.0 Å². The third-order valence-electron chi connectivity index (χ3n) is 3.53. The number of nitrogens with zero attached hydrogens (tertiary/aromatic N) is 3. The van der Waals surface area contributed by atoms with Gasteiger partial charge in [0.05, 0.1) is 6.54 Å². The summed E-state index contributed by atoms with van der Waals surface area (Å²) in [6, 6.07) is 13.2. The molecule has 0 spiro atoms. The molecule has 0 aliphatic rings. The second-order valence-corrected chi connectivity index (χ2v) is 6.00. The number of aromatic nitrogens is 2. The summed E-state index contributed by atoms with van der Waals surface area (Å²) in [7, 11) is 1.93. The first kappa shape index (κ1) is 17.4. The van der Waals surface area contributed by atoms with Crippen LogP contribution in [0.25, 0.3) is 11.4 Å². The highest BCUT2D eigenvalue weighted by Gasteiger charge is 2.11. The Kier molecular flexibility index (Phi) is 5.63. The van der Waals surface area contributed by atoms with Gasteiger partial charge in [-0.1, -0.05) is 16.8 Å². The Morgan fingerprint density at radius 3 is 2.56 bits per heavy atom. The third kappa shape index (κ3) is 5.01. The van der Waals surface area contributed by atoms with Crippen molar-refractivity contribution in [2.24, 2.45) is 0 Å². The first-order valence-electron chi connectivity index (χ1n) is 7.75. The molecule has 130 valence electrons. The van der Waals surface area contributed by atoms with Crippen LogP contribution in [0, 0.1) is 5.82 Å². The average molecular weight is 362 g/mol. The van der Waals surface area contributed by atoms with E-state index in [0.717, 1.165) is 5.56 Å². The number of rotatable bonds is 7. The molecule has 0 N–H and O–H groups in total. The molecule has 25 heavy (non-hydrogen) atoms. The normalized spacial score (nSPS) is 11.0. The molecule has 0 bridgehead atoms. The number of ether oxygens (including phenoxy) is 1. The second kappa shape index (κ2) is 8.09. The summed E-state index contributed by atoms with van der Waals surface area (Å²) in [5.74, 6) is 1.41. The van der Waals surface area contributed by atoms with Crippen LogP contribution >= 0.6 is 11.6 Å². The van der Waals surface area contributed by atoms with Crippen LogP contribution < -0.4 is 4.74 Å². The van der Waals surface area contributed by atoms with E-state index in [2.05, 4.69) is 10.1 Å². The zero-order chi connectivity index (χ0) is 17.6. The predicted octanol–water partition coefficient (Wildman–Crippen LogP) is 4.04. The molecule has 0 atom stereocenters. The molecule has 0 fully saturated rings. The Balaban J connectivity index is 1.48. The minimum Gasteiger partial charge on any atom is -0.492 e. The molecule has 1 heterocycles. The highest BCUT2D eigenvalue weighted by atomic mass is 35.5. The zero-order valence-corrected chi connectivity index (χ0v) is 14.4. The number of halogens is 2. The molecule has 5 nitrogen and oxygen atoms in total. The molecule has 3 aromatic rings. The highest BCUT2D eigenvalue weighted by Crippen LogP contribution is 2.19. The van der Waals surface area contributed by atoms with Gasteiger partial charge in [0.1, 0.15) is 18.2 Å². The zero-order valence-electron chi connectivity index (χ0n) is 13.7. The van der Waals surface area contributed by atoms with Gasteiger partial charge in [-0.2, -0.15) is 4.98 Å². The largest absolute Gasteiger partial charge is 0.492 e.